The molecule has 6 heteroatoms. The van der Waals surface area contributed by atoms with Gasteiger partial charge in [0, 0.05) is 6.04 Å². The predicted molar refractivity (Wildman–Crippen MR) is 99.6 cm³/mol. The van der Waals surface area contributed by atoms with Crippen molar-refractivity contribution in [3.05, 3.63) is 35.4 Å². The highest BCUT2D eigenvalue weighted by Crippen LogP contribution is 2.22. The minimum atomic E-state index is -0.261. The van der Waals surface area contributed by atoms with E-state index in [1.807, 2.05) is 0 Å². The Balaban J connectivity index is 1.44. The summed E-state index contributed by atoms with van der Waals surface area (Å²) in [5, 5.41) is 3.64. The Morgan fingerprint density at radius 1 is 1.04 bits per heavy atom. The van der Waals surface area contributed by atoms with Crippen molar-refractivity contribution in [2.45, 2.75) is 51.0 Å². The van der Waals surface area contributed by atoms with E-state index in [1.165, 1.54) is 37.0 Å². The first-order valence-electron chi connectivity index (χ1n) is 9.05. The van der Waals surface area contributed by atoms with Gasteiger partial charge >= 0.3 is 0 Å². The Bertz CT molecular complexity index is 619. The summed E-state index contributed by atoms with van der Waals surface area (Å²) in [7, 11) is 0. The fraction of sp³-hybridized carbons (Fsp3) is 0.526. The number of nitrogens with zero attached hydrogens (tertiary/aromatic N) is 1. The van der Waals surface area contributed by atoms with Crippen molar-refractivity contribution >= 4 is 29.2 Å². The highest BCUT2D eigenvalue weighted by atomic mass is 32.1. The third kappa shape index (κ3) is 4.37. The maximum Gasteiger partial charge on any atom is 0.261 e. The van der Waals surface area contributed by atoms with Crippen molar-refractivity contribution in [1.29, 1.82) is 0 Å². The number of nitrogens with one attached hydrogen (secondary N) is 1. The molecule has 0 saturated heterocycles. The van der Waals surface area contributed by atoms with E-state index in [-0.39, 0.29) is 25.0 Å². The second-order valence-electron chi connectivity index (χ2n) is 6.63. The number of hydrogen-bond donors (Lipinski definition) is 1. The molecular formula is C19H24N2O3S. The fourth-order valence-electron chi connectivity index (χ4n) is 3.48. The van der Waals surface area contributed by atoms with E-state index >= 15 is 0 Å². The number of ether oxygens (including phenoxy) is 1. The van der Waals surface area contributed by atoms with Crippen LogP contribution in [0, 0.1) is 0 Å². The maximum atomic E-state index is 12.3. The van der Waals surface area contributed by atoms with Crippen LogP contribution in [0.1, 0.15) is 65.7 Å². The topological polar surface area (TPSA) is 58.6 Å². The molecule has 0 aromatic heterocycles. The largest absolute Gasteiger partial charge is 0.469 e. The van der Waals surface area contributed by atoms with Gasteiger partial charge in [0.25, 0.3) is 17.0 Å². The number of thiocarbonyl (C=S) groups is 1. The molecule has 0 radical (unpaired) electrons. The molecule has 5 nitrogen and oxygen atoms in total. The van der Waals surface area contributed by atoms with E-state index in [4.69, 9.17) is 17.0 Å². The molecule has 2 amide bonds. The monoisotopic (exact) mass is 360 g/mol. The van der Waals surface area contributed by atoms with Crippen LogP contribution in [0.4, 0.5) is 0 Å². The highest BCUT2D eigenvalue weighted by molar-refractivity contribution is 7.80. The zero-order chi connectivity index (χ0) is 17.6. The lowest BCUT2D eigenvalue weighted by Crippen LogP contribution is -2.38. The lowest BCUT2D eigenvalue weighted by Gasteiger charge is -2.22. The van der Waals surface area contributed by atoms with Gasteiger partial charge in [-0.1, -0.05) is 44.2 Å². The average molecular weight is 360 g/mol. The number of imide groups is 1. The van der Waals surface area contributed by atoms with Crippen LogP contribution in [0.15, 0.2) is 24.3 Å². The van der Waals surface area contributed by atoms with E-state index in [0.29, 0.717) is 22.3 Å². The smallest absolute Gasteiger partial charge is 0.261 e. The maximum absolute atomic E-state index is 12.3. The van der Waals surface area contributed by atoms with Crippen LogP contribution >= 0.6 is 12.2 Å². The third-order valence-electron chi connectivity index (χ3n) is 4.85. The molecule has 134 valence electrons. The molecule has 1 heterocycles. The summed E-state index contributed by atoms with van der Waals surface area (Å²) in [5.74, 6) is -0.522. The summed E-state index contributed by atoms with van der Waals surface area (Å²) in [4.78, 5) is 25.8. The van der Waals surface area contributed by atoms with Crippen LogP contribution in [0.3, 0.4) is 0 Å². The van der Waals surface area contributed by atoms with Crippen LogP contribution in [0.25, 0.3) is 0 Å². The number of rotatable bonds is 4. The van der Waals surface area contributed by atoms with Gasteiger partial charge in [-0.3, -0.25) is 14.5 Å². The molecule has 1 N–H and O–H groups in total. The Hall–Kier alpha value is -1.95. The first-order valence-corrected chi connectivity index (χ1v) is 9.46. The summed E-state index contributed by atoms with van der Waals surface area (Å²) >= 11 is 5.26. The predicted octanol–water partition coefficient (Wildman–Crippen LogP) is 3.29. The van der Waals surface area contributed by atoms with Gasteiger partial charge in [-0.05, 0) is 37.2 Å². The normalized spacial score (nSPS) is 18.5. The Morgan fingerprint density at radius 3 is 2.20 bits per heavy atom. The van der Waals surface area contributed by atoms with Gasteiger partial charge in [0.2, 0.25) is 0 Å². The molecule has 1 aliphatic carbocycles. The SMILES string of the molecule is O=C1c2ccccc2C(=O)N1CCOC(=S)NC1CCCCCCC1. The lowest BCUT2D eigenvalue weighted by molar-refractivity contribution is 0.0627. The van der Waals surface area contributed by atoms with Gasteiger partial charge in [-0.25, -0.2) is 0 Å². The van der Waals surface area contributed by atoms with E-state index < -0.39 is 0 Å². The minimum absolute atomic E-state index is 0.207. The summed E-state index contributed by atoms with van der Waals surface area (Å²) in [5.41, 5.74) is 0.922. The van der Waals surface area contributed by atoms with Crippen LogP contribution < -0.4 is 5.32 Å². The second kappa shape index (κ2) is 8.43. The molecule has 0 bridgehead atoms. The number of carbonyl (C=O) groups is 2. The molecule has 2 aliphatic rings. The minimum Gasteiger partial charge on any atom is -0.469 e. The molecule has 1 aromatic carbocycles. The number of carbonyl (C=O) groups excluding carboxylic acids is 2. The first-order chi connectivity index (χ1) is 12.2. The quantitative estimate of drug-likeness (QED) is 0.660. The van der Waals surface area contributed by atoms with Gasteiger partial charge in [-0.2, -0.15) is 0 Å². The lowest BCUT2D eigenvalue weighted by atomic mass is 9.97. The Labute approximate surface area is 153 Å². The molecule has 0 spiro atoms. The van der Waals surface area contributed by atoms with Crippen LogP contribution in [0.2, 0.25) is 0 Å². The number of fused-ring (bicyclic) bond motifs is 1. The molecule has 1 saturated carbocycles. The molecular weight excluding hydrogens is 336 g/mol. The van der Waals surface area contributed by atoms with Crippen molar-refractivity contribution < 1.29 is 14.3 Å². The van der Waals surface area contributed by atoms with E-state index in [0.717, 1.165) is 12.8 Å². The van der Waals surface area contributed by atoms with Crippen molar-refractivity contribution in [2.24, 2.45) is 0 Å². The molecule has 0 unspecified atom stereocenters. The van der Waals surface area contributed by atoms with Crippen molar-refractivity contribution in [1.82, 2.24) is 10.2 Å². The molecule has 1 fully saturated rings. The van der Waals surface area contributed by atoms with Crippen LogP contribution in [0.5, 0.6) is 0 Å². The van der Waals surface area contributed by atoms with Gasteiger partial charge < -0.3 is 10.1 Å². The number of hydrogen-bond acceptors (Lipinski definition) is 4. The Kier molecular flexibility index (Phi) is 6.02. The third-order valence-corrected chi connectivity index (χ3v) is 5.09. The number of amides is 2. The van der Waals surface area contributed by atoms with E-state index in [2.05, 4.69) is 5.32 Å². The second-order valence-corrected chi connectivity index (χ2v) is 7.00. The zero-order valence-electron chi connectivity index (χ0n) is 14.3. The summed E-state index contributed by atoms with van der Waals surface area (Å²) in [6, 6.07) is 7.25. The van der Waals surface area contributed by atoms with E-state index in [1.54, 1.807) is 24.3 Å². The molecule has 3 rings (SSSR count). The zero-order valence-corrected chi connectivity index (χ0v) is 15.1. The standard InChI is InChI=1S/C19H24N2O3S/c22-17-15-10-6-7-11-16(15)18(23)21(17)12-13-24-19(25)20-14-8-4-2-1-3-5-9-14/h6-7,10-11,14H,1-5,8-9,12-13H2,(H,20,25). The van der Waals surface area contributed by atoms with Gasteiger partial charge in [0.05, 0.1) is 17.7 Å². The highest BCUT2D eigenvalue weighted by Gasteiger charge is 2.34. The van der Waals surface area contributed by atoms with Crippen molar-refractivity contribution in [2.75, 3.05) is 13.2 Å². The van der Waals surface area contributed by atoms with Gasteiger partial charge in [0.15, 0.2) is 0 Å². The van der Waals surface area contributed by atoms with Gasteiger partial charge in [-0.15, -0.1) is 0 Å². The Morgan fingerprint density at radius 2 is 1.60 bits per heavy atom. The molecule has 1 aromatic rings. The summed E-state index contributed by atoms with van der Waals surface area (Å²) in [6.45, 7) is 0.419. The molecule has 25 heavy (non-hydrogen) atoms. The average Bonchev–Trinajstić information content (AvgIpc) is 2.82. The first kappa shape index (κ1) is 17.9. The van der Waals surface area contributed by atoms with E-state index in [9.17, 15) is 9.59 Å². The fourth-order valence-corrected chi connectivity index (χ4v) is 3.73. The van der Waals surface area contributed by atoms with Crippen LogP contribution in [-0.2, 0) is 4.74 Å². The molecule has 0 atom stereocenters. The van der Waals surface area contributed by atoms with Crippen molar-refractivity contribution in [3.63, 3.8) is 0 Å². The van der Waals surface area contributed by atoms with Gasteiger partial charge in [0.1, 0.15) is 6.61 Å². The summed E-state index contributed by atoms with van der Waals surface area (Å²) < 4.78 is 5.55. The summed E-state index contributed by atoms with van der Waals surface area (Å²) in [6.07, 6.45) is 8.56. The number of benzene rings is 1. The van der Waals surface area contributed by atoms with Crippen LogP contribution in [-0.4, -0.2) is 41.1 Å². The molecule has 1 aliphatic heterocycles. The van der Waals surface area contributed by atoms with Crippen molar-refractivity contribution in [3.8, 4) is 0 Å².